The second-order valence-electron chi connectivity index (χ2n) is 3.60. The number of nitrogens with one attached hydrogen (secondary N) is 1. The fraction of sp³-hybridized carbons (Fsp3) is 0.364. The molecule has 0 spiro atoms. The van der Waals surface area contributed by atoms with Crippen LogP contribution < -0.4 is 10.1 Å². The van der Waals surface area contributed by atoms with E-state index in [4.69, 9.17) is 4.74 Å². The number of carbonyl (C=O) groups excluding carboxylic acids is 1. The van der Waals surface area contributed by atoms with E-state index in [0.717, 1.165) is 0 Å². The van der Waals surface area contributed by atoms with E-state index in [9.17, 15) is 9.18 Å². The van der Waals surface area contributed by atoms with Crippen LogP contribution in [0.25, 0.3) is 0 Å². The van der Waals surface area contributed by atoms with E-state index in [0.29, 0.717) is 3.57 Å². The lowest BCUT2D eigenvalue weighted by molar-refractivity contribution is 0.0939. The van der Waals surface area contributed by atoms with Gasteiger partial charge in [0, 0.05) is 9.61 Å². The molecule has 0 fully saturated rings. The van der Waals surface area contributed by atoms with E-state index in [1.807, 2.05) is 36.4 Å². The van der Waals surface area contributed by atoms with E-state index in [1.54, 1.807) is 6.07 Å². The first-order valence-corrected chi connectivity index (χ1v) is 5.87. The fourth-order valence-electron chi connectivity index (χ4n) is 1.28. The average molecular weight is 337 g/mol. The second kappa shape index (κ2) is 5.47. The standard InChI is InChI=1S/C11H13FINO2/c1-6(2)14-11(15)8-4-7(13)5-9(12)10(8)16-3/h4-6H,1-3H3,(H,14,15). The Morgan fingerprint density at radius 3 is 2.62 bits per heavy atom. The highest BCUT2D eigenvalue weighted by atomic mass is 127. The Kier molecular flexibility index (Phi) is 4.52. The molecule has 0 radical (unpaired) electrons. The van der Waals surface area contributed by atoms with Crippen LogP contribution in [0.3, 0.4) is 0 Å². The van der Waals surface area contributed by atoms with E-state index in [2.05, 4.69) is 5.32 Å². The quantitative estimate of drug-likeness (QED) is 0.861. The summed E-state index contributed by atoms with van der Waals surface area (Å²) in [5.41, 5.74) is 0.223. The summed E-state index contributed by atoms with van der Waals surface area (Å²) in [6.45, 7) is 3.68. The zero-order valence-corrected chi connectivity index (χ0v) is 11.5. The molecule has 0 bridgehead atoms. The molecule has 0 aliphatic rings. The van der Waals surface area contributed by atoms with Crippen LogP contribution in [0, 0.1) is 9.39 Å². The predicted molar refractivity (Wildman–Crippen MR) is 68.3 cm³/mol. The van der Waals surface area contributed by atoms with Crippen molar-refractivity contribution in [1.82, 2.24) is 5.32 Å². The first-order chi connectivity index (χ1) is 7.45. The molecule has 0 heterocycles. The molecule has 0 aliphatic heterocycles. The third-order valence-electron chi connectivity index (χ3n) is 1.88. The maximum atomic E-state index is 13.5. The molecule has 1 aromatic carbocycles. The highest BCUT2D eigenvalue weighted by Crippen LogP contribution is 2.25. The van der Waals surface area contributed by atoms with Crippen molar-refractivity contribution in [3.8, 4) is 5.75 Å². The van der Waals surface area contributed by atoms with Crippen molar-refractivity contribution in [3.05, 3.63) is 27.1 Å². The summed E-state index contributed by atoms with van der Waals surface area (Å²) in [6.07, 6.45) is 0. The molecule has 0 atom stereocenters. The first-order valence-electron chi connectivity index (χ1n) is 4.79. The predicted octanol–water partition coefficient (Wildman–Crippen LogP) is 2.58. The average Bonchev–Trinajstić information content (AvgIpc) is 2.15. The Bertz CT molecular complexity index is 407. The zero-order chi connectivity index (χ0) is 12.3. The zero-order valence-electron chi connectivity index (χ0n) is 9.30. The van der Waals surface area contributed by atoms with Crippen LogP contribution in [-0.4, -0.2) is 19.1 Å². The van der Waals surface area contributed by atoms with Gasteiger partial charge in [-0.15, -0.1) is 0 Å². The molecule has 3 nitrogen and oxygen atoms in total. The van der Waals surface area contributed by atoms with E-state index in [-0.39, 0.29) is 23.3 Å². The molecule has 0 aliphatic carbocycles. The maximum Gasteiger partial charge on any atom is 0.255 e. The van der Waals surface area contributed by atoms with E-state index in [1.165, 1.54) is 13.2 Å². The first kappa shape index (κ1) is 13.2. The number of hydrogen-bond donors (Lipinski definition) is 1. The van der Waals surface area contributed by atoms with Crippen molar-refractivity contribution in [2.24, 2.45) is 0 Å². The Labute approximate surface area is 108 Å². The molecule has 1 amide bonds. The van der Waals surface area contributed by atoms with Gasteiger partial charge in [-0.3, -0.25) is 4.79 Å². The third kappa shape index (κ3) is 3.07. The number of benzene rings is 1. The summed E-state index contributed by atoms with van der Waals surface area (Å²) in [5, 5.41) is 2.70. The van der Waals surface area contributed by atoms with Crippen LogP contribution >= 0.6 is 22.6 Å². The van der Waals surface area contributed by atoms with E-state index < -0.39 is 5.82 Å². The lowest BCUT2D eigenvalue weighted by atomic mass is 10.1. The molecule has 0 saturated carbocycles. The summed E-state index contributed by atoms with van der Waals surface area (Å²) in [7, 11) is 1.34. The van der Waals surface area contributed by atoms with Gasteiger partial charge >= 0.3 is 0 Å². The summed E-state index contributed by atoms with van der Waals surface area (Å²) in [5.74, 6) is -0.869. The summed E-state index contributed by atoms with van der Waals surface area (Å²) in [4.78, 5) is 11.8. The molecule has 0 unspecified atom stereocenters. The van der Waals surface area contributed by atoms with Gasteiger partial charge in [-0.1, -0.05) is 0 Å². The van der Waals surface area contributed by atoms with Crippen molar-refractivity contribution in [1.29, 1.82) is 0 Å². The van der Waals surface area contributed by atoms with Crippen LogP contribution in [0.5, 0.6) is 5.75 Å². The number of methoxy groups -OCH3 is 1. The van der Waals surface area contributed by atoms with Gasteiger partial charge in [0.15, 0.2) is 11.6 Å². The number of carbonyl (C=O) groups is 1. The topological polar surface area (TPSA) is 38.3 Å². The highest BCUT2D eigenvalue weighted by molar-refractivity contribution is 14.1. The minimum atomic E-state index is -0.525. The summed E-state index contributed by atoms with van der Waals surface area (Å²) >= 11 is 1.96. The lowest BCUT2D eigenvalue weighted by Gasteiger charge is -2.12. The Hall–Kier alpha value is -0.850. The lowest BCUT2D eigenvalue weighted by Crippen LogP contribution is -2.30. The fourth-order valence-corrected chi connectivity index (χ4v) is 1.86. The molecule has 5 heteroatoms. The molecular formula is C11H13FINO2. The van der Waals surface area contributed by atoms with Gasteiger partial charge in [0.1, 0.15) is 0 Å². The molecule has 16 heavy (non-hydrogen) atoms. The van der Waals surface area contributed by atoms with Gasteiger partial charge in [0.05, 0.1) is 12.7 Å². The molecule has 0 saturated heterocycles. The van der Waals surface area contributed by atoms with Gasteiger partial charge in [0.2, 0.25) is 0 Å². The van der Waals surface area contributed by atoms with Crippen LogP contribution in [0.15, 0.2) is 12.1 Å². The van der Waals surface area contributed by atoms with Crippen LogP contribution in [0.2, 0.25) is 0 Å². The highest BCUT2D eigenvalue weighted by Gasteiger charge is 2.17. The minimum Gasteiger partial charge on any atom is -0.493 e. The van der Waals surface area contributed by atoms with E-state index >= 15 is 0 Å². The SMILES string of the molecule is COc1c(F)cc(I)cc1C(=O)NC(C)C. The van der Waals surface area contributed by atoms with Gasteiger partial charge in [0.25, 0.3) is 5.91 Å². The third-order valence-corrected chi connectivity index (χ3v) is 2.50. The number of hydrogen-bond acceptors (Lipinski definition) is 2. The number of rotatable bonds is 3. The molecule has 1 aromatic rings. The van der Waals surface area contributed by atoms with Crippen LogP contribution in [0.4, 0.5) is 4.39 Å². The summed E-state index contributed by atoms with van der Waals surface area (Å²) < 4.78 is 19.1. The largest absolute Gasteiger partial charge is 0.493 e. The Morgan fingerprint density at radius 2 is 2.12 bits per heavy atom. The molecular weight excluding hydrogens is 324 g/mol. The van der Waals surface area contributed by atoms with Crippen molar-refractivity contribution in [3.63, 3.8) is 0 Å². The van der Waals surface area contributed by atoms with Crippen LogP contribution in [-0.2, 0) is 0 Å². The number of halogens is 2. The maximum absolute atomic E-state index is 13.5. The number of ether oxygens (including phenoxy) is 1. The van der Waals surface area contributed by atoms with Gasteiger partial charge < -0.3 is 10.1 Å². The van der Waals surface area contributed by atoms with Crippen molar-refractivity contribution in [2.45, 2.75) is 19.9 Å². The van der Waals surface area contributed by atoms with Crippen molar-refractivity contribution >= 4 is 28.5 Å². The summed E-state index contributed by atoms with van der Waals surface area (Å²) in [6, 6.07) is 2.92. The van der Waals surface area contributed by atoms with Crippen LogP contribution in [0.1, 0.15) is 24.2 Å². The molecule has 1 rings (SSSR count). The van der Waals surface area contributed by atoms with Gasteiger partial charge in [-0.2, -0.15) is 0 Å². The van der Waals surface area contributed by atoms with Gasteiger partial charge in [-0.05, 0) is 48.6 Å². The number of amides is 1. The van der Waals surface area contributed by atoms with Crippen molar-refractivity contribution in [2.75, 3.05) is 7.11 Å². The smallest absolute Gasteiger partial charge is 0.255 e. The molecule has 0 aromatic heterocycles. The molecule has 1 N–H and O–H groups in total. The molecule has 88 valence electrons. The normalized spacial score (nSPS) is 10.4. The minimum absolute atomic E-state index is 0.00173. The monoisotopic (exact) mass is 337 g/mol. The van der Waals surface area contributed by atoms with Crippen molar-refractivity contribution < 1.29 is 13.9 Å². The van der Waals surface area contributed by atoms with Gasteiger partial charge in [-0.25, -0.2) is 4.39 Å². The Balaban J connectivity index is 3.15. The Morgan fingerprint density at radius 1 is 1.50 bits per heavy atom. The second-order valence-corrected chi connectivity index (χ2v) is 4.84.